The molecule has 1 rings (SSSR count). The third kappa shape index (κ3) is 3.94. The van der Waals surface area contributed by atoms with Gasteiger partial charge in [0.2, 0.25) is 0 Å². The number of carbonyl (C=O) groups excluding carboxylic acids is 1. The van der Waals surface area contributed by atoms with Gasteiger partial charge in [0.15, 0.2) is 5.69 Å². The molecule has 1 aromatic rings. The lowest BCUT2D eigenvalue weighted by Gasteiger charge is -2.14. The summed E-state index contributed by atoms with van der Waals surface area (Å²) in [5.41, 5.74) is 1.37. The monoisotopic (exact) mass is 253 g/mol. The van der Waals surface area contributed by atoms with Gasteiger partial charge in [-0.15, -0.1) is 5.10 Å². The zero-order valence-corrected chi connectivity index (χ0v) is 8.24. The summed E-state index contributed by atoms with van der Waals surface area (Å²) >= 11 is 0. The number of hydrogen-bond donors (Lipinski definition) is 1. The van der Waals surface area contributed by atoms with Crippen molar-refractivity contribution in [3.63, 3.8) is 0 Å². The molecule has 0 fully saturated rings. The van der Waals surface area contributed by atoms with Crippen molar-refractivity contribution < 1.29 is 27.2 Å². The summed E-state index contributed by atoms with van der Waals surface area (Å²) in [6, 6.07) is 2.63. The summed E-state index contributed by atoms with van der Waals surface area (Å²) < 4.78 is 48.1. The topological polar surface area (TPSA) is 64.1 Å². The van der Waals surface area contributed by atoms with Crippen molar-refractivity contribution in [1.29, 1.82) is 0 Å². The van der Waals surface area contributed by atoms with Crippen LogP contribution in [0, 0.1) is 0 Å². The maximum atomic E-state index is 12.3. The second kappa shape index (κ2) is 5.53. The van der Waals surface area contributed by atoms with Crippen molar-refractivity contribution in [2.24, 2.45) is 0 Å². The van der Waals surface area contributed by atoms with E-state index in [0.29, 0.717) is 0 Å². The highest BCUT2D eigenvalue weighted by Gasteiger charge is 2.41. The van der Waals surface area contributed by atoms with Crippen LogP contribution in [0.4, 0.5) is 17.6 Å². The second-order valence-corrected chi connectivity index (χ2v) is 2.89. The van der Waals surface area contributed by atoms with Gasteiger partial charge in [0.1, 0.15) is 6.61 Å². The minimum Gasteiger partial charge on any atom is -0.267 e. The minimum absolute atomic E-state index is 0.187. The third-order valence-electron chi connectivity index (χ3n) is 1.55. The van der Waals surface area contributed by atoms with Gasteiger partial charge in [0.05, 0.1) is 0 Å². The highest BCUT2D eigenvalue weighted by Crippen LogP contribution is 2.22. The Kier molecular flexibility index (Phi) is 4.32. The first-order chi connectivity index (χ1) is 7.93. The van der Waals surface area contributed by atoms with E-state index >= 15 is 0 Å². The molecule has 0 saturated heterocycles. The van der Waals surface area contributed by atoms with Crippen LogP contribution in [0.5, 0.6) is 0 Å². The predicted molar refractivity (Wildman–Crippen MR) is 46.4 cm³/mol. The van der Waals surface area contributed by atoms with Crippen LogP contribution in [0.1, 0.15) is 10.5 Å². The zero-order valence-electron chi connectivity index (χ0n) is 8.24. The van der Waals surface area contributed by atoms with Gasteiger partial charge in [-0.05, 0) is 12.1 Å². The van der Waals surface area contributed by atoms with Crippen molar-refractivity contribution in [3.05, 3.63) is 24.0 Å². The molecule has 1 aromatic heterocycles. The molecule has 17 heavy (non-hydrogen) atoms. The van der Waals surface area contributed by atoms with Crippen LogP contribution in [0.15, 0.2) is 18.3 Å². The maximum absolute atomic E-state index is 12.3. The van der Waals surface area contributed by atoms with Crippen LogP contribution in [-0.2, 0) is 4.84 Å². The van der Waals surface area contributed by atoms with Gasteiger partial charge in [0.25, 0.3) is 5.91 Å². The molecule has 0 aromatic carbocycles. The standard InChI is InChI=1S/C8H7F4N3O2/c9-7(10)8(11,12)4-17-15-6(16)5-2-1-3-13-14-5/h1-3,7H,4H2,(H,15,16). The van der Waals surface area contributed by atoms with Crippen LogP contribution in [0.3, 0.4) is 0 Å². The molecule has 1 amide bonds. The Labute approximate surface area is 92.7 Å². The second-order valence-electron chi connectivity index (χ2n) is 2.89. The van der Waals surface area contributed by atoms with Crippen LogP contribution in [0.2, 0.25) is 0 Å². The lowest BCUT2D eigenvalue weighted by atomic mass is 10.4. The first kappa shape index (κ1) is 13.3. The molecule has 94 valence electrons. The van der Waals surface area contributed by atoms with Crippen LogP contribution >= 0.6 is 0 Å². The van der Waals surface area contributed by atoms with Crippen LogP contribution in [0.25, 0.3) is 0 Å². The van der Waals surface area contributed by atoms with E-state index in [0.717, 1.165) is 0 Å². The average molecular weight is 253 g/mol. The lowest BCUT2D eigenvalue weighted by molar-refractivity contribution is -0.175. The number of carbonyl (C=O) groups is 1. The number of alkyl halides is 4. The Balaban J connectivity index is 2.40. The van der Waals surface area contributed by atoms with Gasteiger partial charge in [0, 0.05) is 6.20 Å². The minimum atomic E-state index is -4.32. The Morgan fingerprint density at radius 1 is 1.53 bits per heavy atom. The Morgan fingerprint density at radius 2 is 2.24 bits per heavy atom. The zero-order chi connectivity index (χ0) is 12.9. The maximum Gasteiger partial charge on any atom is 0.332 e. The molecule has 0 spiro atoms. The number of hydrogen-bond acceptors (Lipinski definition) is 4. The number of halogens is 4. The van der Waals surface area contributed by atoms with Gasteiger partial charge in [-0.3, -0.25) is 9.63 Å². The van der Waals surface area contributed by atoms with Crippen LogP contribution < -0.4 is 5.48 Å². The number of amides is 1. The molecular formula is C8H7F4N3O2. The molecule has 0 atom stereocenters. The highest BCUT2D eigenvalue weighted by molar-refractivity contribution is 5.91. The van der Waals surface area contributed by atoms with Crippen molar-refractivity contribution in [2.45, 2.75) is 12.3 Å². The normalized spacial score (nSPS) is 11.6. The van der Waals surface area contributed by atoms with Gasteiger partial charge < -0.3 is 0 Å². The van der Waals surface area contributed by atoms with Crippen molar-refractivity contribution in [1.82, 2.24) is 15.7 Å². The molecule has 0 bridgehead atoms. The lowest BCUT2D eigenvalue weighted by Crippen LogP contribution is -2.37. The summed E-state index contributed by atoms with van der Waals surface area (Å²) in [6.45, 7) is -1.63. The summed E-state index contributed by atoms with van der Waals surface area (Å²) in [5, 5.41) is 6.71. The van der Waals surface area contributed by atoms with E-state index in [1.807, 2.05) is 0 Å². The largest absolute Gasteiger partial charge is 0.332 e. The highest BCUT2D eigenvalue weighted by atomic mass is 19.3. The van der Waals surface area contributed by atoms with Gasteiger partial charge >= 0.3 is 12.3 Å². The summed E-state index contributed by atoms with van der Waals surface area (Å²) in [6.07, 6.45) is -2.57. The SMILES string of the molecule is O=C(NOCC(F)(F)C(F)F)c1cccnn1. The number of nitrogens with one attached hydrogen (secondary N) is 1. The first-order valence-corrected chi connectivity index (χ1v) is 4.29. The van der Waals surface area contributed by atoms with Gasteiger partial charge in [-0.25, -0.2) is 14.3 Å². The number of aromatic nitrogens is 2. The van der Waals surface area contributed by atoms with Gasteiger partial charge in [-0.2, -0.15) is 13.9 Å². The average Bonchev–Trinajstić information content (AvgIpc) is 2.29. The molecule has 5 nitrogen and oxygen atoms in total. The van der Waals surface area contributed by atoms with Crippen LogP contribution in [-0.4, -0.2) is 35.1 Å². The van der Waals surface area contributed by atoms with Gasteiger partial charge in [-0.1, -0.05) is 0 Å². The summed E-state index contributed by atoms with van der Waals surface area (Å²) in [4.78, 5) is 15.1. The molecular weight excluding hydrogens is 246 g/mol. The molecule has 9 heteroatoms. The molecule has 1 N–H and O–H groups in total. The number of rotatable bonds is 5. The van der Waals surface area contributed by atoms with E-state index in [2.05, 4.69) is 15.0 Å². The molecule has 0 saturated carbocycles. The number of hydroxylamine groups is 1. The van der Waals surface area contributed by atoms with E-state index in [4.69, 9.17) is 0 Å². The van der Waals surface area contributed by atoms with E-state index in [-0.39, 0.29) is 5.69 Å². The fraction of sp³-hybridized carbons (Fsp3) is 0.375. The quantitative estimate of drug-likeness (QED) is 0.629. The molecule has 0 aliphatic rings. The molecule has 1 heterocycles. The van der Waals surface area contributed by atoms with Crippen molar-refractivity contribution >= 4 is 5.91 Å². The molecule has 0 radical (unpaired) electrons. The predicted octanol–water partition coefficient (Wildman–Crippen LogP) is 1.04. The Bertz CT molecular complexity index is 374. The molecule has 0 aliphatic heterocycles. The van der Waals surface area contributed by atoms with E-state index in [1.165, 1.54) is 18.3 Å². The van der Waals surface area contributed by atoms with E-state index in [9.17, 15) is 22.4 Å². The van der Waals surface area contributed by atoms with E-state index in [1.54, 1.807) is 5.48 Å². The fourth-order valence-electron chi connectivity index (χ4n) is 0.736. The number of nitrogens with zero attached hydrogens (tertiary/aromatic N) is 2. The van der Waals surface area contributed by atoms with Crippen molar-refractivity contribution in [3.8, 4) is 0 Å². The summed E-state index contributed by atoms with van der Waals surface area (Å²) in [5.74, 6) is -5.28. The first-order valence-electron chi connectivity index (χ1n) is 4.29. The molecule has 0 unspecified atom stereocenters. The Hall–Kier alpha value is -1.77. The summed E-state index contributed by atoms with van der Waals surface area (Å²) in [7, 11) is 0. The molecule has 0 aliphatic carbocycles. The Morgan fingerprint density at radius 3 is 2.76 bits per heavy atom. The smallest absolute Gasteiger partial charge is 0.267 e. The van der Waals surface area contributed by atoms with E-state index < -0.39 is 24.9 Å². The fourth-order valence-corrected chi connectivity index (χ4v) is 0.736. The van der Waals surface area contributed by atoms with Crippen molar-refractivity contribution in [2.75, 3.05) is 6.61 Å². The third-order valence-corrected chi connectivity index (χ3v) is 1.55.